The third-order valence-corrected chi connectivity index (χ3v) is 5.30. The fourth-order valence-electron chi connectivity index (χ4n) is 3.72. The van der Waals surface area contributed by atoms with E-state index in [9.17, 15) is 14.4 Å². The lowest BCUT2D eigenvalue weighted by Crippen LogP contribution is -2.34. The van der Waals surface area contributed by atoms with Gasteiger partial charge in [-0.1, -0.05) is 30.3 Å². The van der Waals surface area contributed by atoms with E-state index in [0.717, 1.165) is 30.6 Å². The number of carbonyl (C=O) groups excluding carboxylic acids is 2. The van der Waals surface area contributed by atoms with Crippen LogP contribution in [0.25, 0.3) is 5.69 Å². The van der Waals surface area contributed by atoms with Gasteiger partial charge in [-0.15, -0.1) is 0 Å². The first-order valence-electron chi connectivity index (χ1n) is 10.4. The fourth-order valence-corrected chi connectivity index (χ4v) is 3.72. The number of rotatable bonds is 5. The Labute approximate surface area is 180 Å². The number of aromatic nitrogens is 2. The Morgan fingerprint density at radius 2 is 1.84 bits per heavy atom. The summed E-state index contributed by atoms with van der Waals surface area (Å²) in [6.45, 7) is 3.03. The van der Waals surface area contributed by atoms with Crippen LogP contribution < -0.4 is 10.7 Å². The van der Waals surface area contributed by atoms with E-state index < -0.39 is 11.3 Å². The Bertz CT molecular complexity index is 1170. The van der Waals surface area contributed by atoms with Crippen LogP contribution in [0.2, 0.25) is 0 Å². The lowest BCUT2D eigenvalue weighted by atomic mass is 10.1. The predicted octanol–water partition coefficient (Wildman–Crippen LogP) is 3.31. The molecule has 0 bridgehead atoms. The molecule has 2 amide bonds. The van der Waals surface area contributed by atoms with Gasteiger partial charge in [-0.2, -0.15) is 5.10 Å². The van der Waals surface area contributed by atoms with Crippen LogP contribution in [0.4, 0.5) is 5.69 Å². The number of hydrogen-bond acceptors (Lipinski definition) is 4. The van der Waals surface area contributed by atoms with Crippen molar-refractivity contribution in [1.82, 2.24) is 14.7 Å². The maximum absolute atomic E-state index is 12.8. The number of anilines is 1. The van der Waals surface area contributed by atoms with Gasteiger partial charge in [0.25, 0.3) is 5.91 Å². The fraction of sp³-hybridized carbons (Fsp3) is 0.250. The van der Waals surface area contributed by atoms with E-state index in [2.05, 4.69) is 10.4 Å². The zero-order valence-electron chi connectivity index (χ0n) is 17.4. The summed E-state index contributed by atoms with van der Waals surface area (Å²) >= 11 is 0. The highest BCUT2D eigenvalue weighted by Crippen LogP contribution is 2.17. The topological polar surface area (TPSA) is 84.3 Å². The molecule has 158 valence electrons. The van der Waals surface area contributed by atoms with Gasteiger partial charge >= 0.3 is 0 Å². The van der Waals surface area contributed by atoms with Crippen molar-refractivity contribution in [3.63, 3.8) is 0 Å². The second-order valence-corrected chi connectivity index (χ2v) is 7.67. The Kier molecular flexibility index (Phi) is 5.93. The van der Waals surface area contributed by atoms with Crippen LogP contribution in [0.15, 0.2) is 65.5 Å². The molecule has 1 aliphatic rings. The van der Waals surface area contributed by atoms with E-state index >= 15 is 0 Å². The Hall–Kier alpha value is -3.74. The van der Waals surface area contributed by atoms with E-state index in [1.807, 2.05) is 53.4 Å². The molecule has 1 aromatic heterocycles. The van der Waals surface area contributed by atoms with Crippen molar-refractivity contribution in [3.8, 4) is 5.69 Å². The third kappa shape index (κ3) is 4.71. The Morgan fingerprint density at radius 1 is 1.03 bits per heavy atom. The van der Waals surface area contributed by atoms with Crippen LogP contribution in [-0.2, 0) is 11.3 Å². The maximum Gasteiger partial charge on any atom is 0.280 e. The Morgan fingerprint density at radius 3 is 2.61 bits per heavy atom. The molecule has 0 radical (unpaired) electrons. The smallest absolute Gasteiger partial charge is 0.280 e. The Balaban J connectivity index is 1.55. The summed E-state index contributed by atoms with van der Waals surface area (Å²) in [7, 11) is 0. The van der Waals surface area contributed by atoms with Gasteiger partial charge in [0.15, 0.2) is 5.69 Å². The quantitative estimate of drug-likeness (QED) is 0.692. The summed E-state index contributed by atoms with van der Waals surface area (Å²) in [6.07, 6.45) is 2.54. The summed E-state index contributed by atoms with van der Waals surface area (Å²) in [5, 5.41) is 7.07. The molecular formula is C24H24N4O3. The molecule has 2 aromatic carbocycles. The second kappa shape index (κ2) is 8.95. The van der Waals surface area contributed by atoms with Gasteiger partial charge in [0.05, 0.1) is 5.69 Å². The van der Waals surface area contributed by atoms with Gasteiger partial charge in [0, 0.05) is 37.0 Å². The minimum atomic E-state index is -0.569. The normalized spacial score (nSPS) is 13.8. The zero-order valence-corrected chi connectivity index (χ0v) is 17.4. The number of piperidine rings is 1. The summed E-state index contributed by atoms with van der Waals surface area (Å²) < 4.78 is 1.58. The number of amides is 2. The van der Waals surface area contributed by atoms with Crippen LogP contribution in [0.3, 0.4) is 0 Å². The first kappa shape index (κ1) is 20.5. The van der Waals surface area contributed by atoms with Gasteiger partial charge in [0.1, 0.15) is 0 Å². The van der Waals surface area contributed by atoms with Gasteiger partial charge in [-0.25, -0.2) is 4.68 Å². The van der Waals surface area contributed by atoms with Gasteiger partial charge < -0.3 is 10.2 Å². The number of carbonyl (C=O) groups is 2. The molecular weight excluding hydrogens is 392 g/mol. The number of likely N-dealkylation sites (tertiary alicyclic amines) is 1. The monoisotopic (exact) mass is 416 g/mol. The number of para-hydroxylation sites is 1. The van der Waals surface area contributed by atoms with Crippen molar-refractivity contribution in [2.75, 3.05) is 11.9 Å². The standard InChI is InChI=1S/C24H24N4O3/c1-17-14-21(29)23(26-28(17)20-10-3-2-4-11-20)24(31)25-19-9-7-8-18(15-19)16-27-13-6-5-12-22(27)30/h2-4,7-11,14-15H,5-6,12-13,16H2,1H3,(H,25,31). The SMILES string of the molecule is Cc1cc(=O)c(C(=O)Nc2cccc(CN3CCCCC3=O)c2)nn1-c1ccccc1. The lowest BCUT2D eigenvalue weighted by Gasteiger charge is -2.26. The summed E-state index contributed by atoms with van der Waals surface area (Å²) in [6, 6.07) is 18.1. The van der Waals surface area contributed by atoms with Crippen LogP contribution in [-0.4, -0.2) is 33.0 Å². The van der Waals surface area contributed by atoms with Gasteiger partial charge in [-0.3, -0.25) is 14.4 Å². The molecule has 3 aromatic rings. The molecule has 31 heavy (non-hydrogen) atoms. The van der Waals surface area contributed by atoms with Crippen molar-refractivity contribution in [1.29, 1.82) is 0 Å². The molecule has 7 nitrogen and oxygen atoms in total. The van der Waals surface area contributed by atoms with Gasteiger partial charge in [0.2, 0.25) is 11.3 Å². The lowest BCUT2D eigenvalue weighted by molar-refractivity contribution is -0.133. The van der Waals surface area contributed by atoms with E-state index in [4.69, 9.17) is 0 Å². The number of nitrogens with one attached hydrogen (secondary N) is 1. The maximum atomic E-state index is 12.8. The molecule has 1 saturated heterocycles. The molecule has 0 aliphatic carbocycles. The molecule has 4 rings (SSSR count). The zero-order chi connectivity index (χ0) is 21.8. The van der Waals surface area contributed by atoms with E-state index in [1.54, 1.807) is 17.7 Å². The van der Waals surface area contributed by atoms with E-state index in [1.165, 1.54) is 6.07 Å². The summed E-state index contributed by atoms with van der Waals surface area (Å²) in [5.41, 5.74) is 2.28. The molecule has 7 heteroatoms. The molecule has 1 aliphatic heterocycles. The largest absolute Gasteiger partial charge is 0.338 e. The highest BCUT2D eigenvalue weighted by molar-refractivity contribution is 6.02. The molecule has 0 atom stereocenters. The average molecular weight is 416 g/mol. The van der Waals surface area contributed by atoms with Crippen LogP contribution >= 0.6 is 0 Å². The first-order valence-corrected chi connectivity index (χ1v) is 10.4. The van der Waals surface area contributed by atoms with Crippen molar-refractivity contribution in [2.45, 2.75) is 32.7 Å². The summed E-state index contributed by atoms with van der Waals surface area (Å²) in [5.74, 6) is -0.410. The number of benzene rings is 2. The van der Waals surface area contributed by atoms with Crippen LogP contribution in [0.5, 0.6) is 0 Å². The minimum absolute atomic E-state index is 0.158. The van der Waals surface area contributed by atoms with E-state index in [-0.39, 0.29) is 11.6 Å². The van der Waals surface area contributed by atoms with Crippen molar-refractivity contribution in [3.05, 3.63) is 87.8 Å². The van der Waals surface area contributed by atoms with E-state index in [0.29, 0.717) is 24.3 Å². The molecule has 0 saturated carbocycles. The number of nitrogens with zero attached hydrogens (tertiary/aromatic N) is 3. The van der Waals surface area contributed by atoms with Crippen molar-refractivity contribution in [2.24, 2.45) is 0 Å². The van der Waals surface area contributed by atoms with Crippen molar-refractivity contribution >= 4 is 17.5 Å². The predicted molar refractivity (Wildman–Crippen MR) is 118 cm³/mol. The second-order valence-electron chi connectivity index (χ2n) is 7.67. The van der Waals surface area contributed by atoms with Gasteiger partial charge in [-0.05, 0) is 49.6 Å². The molecule has 2 heterocycles. The molecule has 0 spiro atoms. The first-order chi connectivity index (χ1) is 15.0. The number of aryl methyl sites for hydroxylation is 1. The number of hydrogen-bond donors (Lipinski definition) is 1. The molecule has 0 unspecified atom stereocenters. The molecule has 1 N–H and O–H groups in total. The highest BCUT2D eigenvalue weighted by Gasteiger charge is 2.19. The van der Waals surface area contributed by atoms with Crippen LogP contribution in [0, 0.1) is 6.92 Å². The van der Waals surface area contributed by atoms with Crippen LogP contribution in [0.1, 0.15) is 41.0 Å². The third-order valence-electron chi connectivity index (χ3n) is 5.30. The average Bonchev–Trinajstić information content (AvgIpc) is 2.76. The minimum Gasteiger partial charge on any atom is -0.338 e. The highest BCUT2D eigenvalue weighted by atomic mass is 16.2. The summed E-state index contributed by atoms with van der Waals surface area (Å²) in [4.78, 5) is 39.2. The molecule has 1 fully saturated rings. The van der Waals surface area contributed by atoms with Crippen molar-refractivity contribution < 1.29 is 9.59 Å².